The molecule has 2 N–H and O–H groups in total. The third-order valence-corrected chi connectivity index (χ3v) is 8.55. The summed E-state index contributed by atoms with van der Waals surface area (Å²) < 4.78 is 62.5. The molecule has 1 aliphatic heterocycles. The van der Waals surface area contributed by atoms with Crippen molar-refractivity contribution in [3.8, 4) is 5.88 Å². The summed E-state index contributed by atoms with van der Waals surface area (Å²) in [7, 11) is -4.36. The average molecular weight is 495 g/mol. The van der Waals surface area contributed by atoms with Crippen LogP contribution in [0.25, 0.3) is 0 Å². The number of allylic oxidation sites excluding steroid dienone is 4. The van der Waals surface area contributed by atoms with Gasteiger partial charge in [0.25, 0.3) is 15.9 Å². The Bertz CT molecular complexity index is 1220. The summed E-state index contributed by atoms with van der Waals surface area (Å²) in [5, 5.41) is 6.70. The summed E-state index contributed by atoms with van der Waals surface area (Å²) in [5.74, 6) is -2.95. The molecule has 0 aromatic carbocycles. The van der Waals surface area contributed by atoms with Crippen molar-refractivity contribution < 1.29 is 26.7 Å². The Labute approximate surface area is 197 Å². The fourth-order valence-electron chi connectivity index (χ4n) is 5.19. The zero-order chi connectivity index (χ0) is 24.1. The third kappa shape index (κ3) is 4.03. The van der Waals surface area contributed by atoms with E-state index >= 15 is 0 Å². The van der Waals surface area contributed by atoms with Gasteiger partial charge in [-0.3, -0.25) is 0 Å². The van der Waals surface area contributed by atoms with Crippen LogP contribution in [0.1, 0.15) is 57.8 Å². The third-order valence-electron chi connectivity index (χ3n) is 7.24. The molecule has 5 rings (SSSR count). The lowest BCUT2D eigenvalue weighted by atomic mass is 10.0. The van der Waals surface area contributed by atoms with E-state index in [9.17, 15) is 22.0 Å². The van der Waals surface area contributed by atoms with Crippen molar-refractivity contribution in [2.75, 3.05) is 6.61 Å². The van der Waals surface area contributed by atoms with Crippen LogP contribution in [0.4, 0.5) is 13.6 Å². The van der Waals surface area contributed by atoms with E-state index in [-0.39, 0.29) is 36.8 Å². The fourth-order valence-corrected chi connectivity index (χ4v) is 6.17. The van der Waals surface area contributed by atoms with Gasteiger partial charge in [-0.05, 0) is 68.1 Å². The molecule has 11 heteroatoms. The van der Waals surface area contributed by atoms with Gasteiger partial charge in [0.05, 0.1) is 24.8 Å². The highest BCUT2D eigenvalue weighted by atomic mass is 32.2. The van der Waals surface area contributed by atoms with E-state index in [1.165, 1.54) is 5.57 Å². The lowest BCUT2D eigenvalue weighted by Gasteiger charge is -2.17. The van der Waals surface area contributed by atoms with Crippen LogP contribution in [0.15, 0.2) is 46.2 Å². The molecule has 2 heterocycles. The summed E-state index contributed by atoms with van der Waals surface area (Å²) in [6.45, 7) is 3.94. The van der Waals surface area contributed by atoms with Gasteiger partial charge in [-0.2, -0.15) is 5.10 Å². The Morgan fingerprint density at radius 1 is 1.21 bits per heavy atom. The van der Waals surface area contributed by atoms with E-state index < -0.39 is 27.4 Å². The predicted molar refractivity (Wildman–Crippen MR) is 120 cm³/mol. The number of rotatable bonds is 3. The quantitative estimate of drug-likeness (QED) is 0.657. The van der Waals surface area contributed by atoms with Gasteiger partial charge in [-0.25, -0.2) is 31.4 Å². The Kier molecular flexibility index (Phi) is 5.57. The van der Waals surface area contributed by atoms with E-state index in [0.717, 1.165) is 60.5 Å². The molecule has 1 atom stereocenters. The molecular formula is C23H28F2N4O4S. The Hall–Kier alpha value is -2.69. The second-order valence-electron chi connectivity index (χ2n) is 9.58. The van der Waals surface area contributed by atoms with Gasteiger partial charge in [0, 0.05) is 12.1 Å². The maximum atomic E-state index is 13.9. The molecule has 0 radical (unpaired) electrons. The van der Waals surface area contributed by atoms with Crippen molar-refractivity contribution in [1.29, 1.82) is 0 Å². The molecule has 2 fully saturated rings. The Morgan fingerprint density at radius 3 is 2.76 bits per heavy atom. The van der Waals surface area contributed by atoms with Crippen LogP contribution in [0.2, 0.25) is 0 Å². The monoisotopic (exact) mass is 494 g/mol. The molecule has 184 valence electrons. The maximum Gasteiger partial charge on any atom is 0.333 e. The van der Waals surface area contributed by atoms with E-state index in [2.05, 4.69) is 23.1 Å². The molecule has 1 unspecified atom stereocenters. The van der Waals surface area contributed by atoms with Crippen molar-refractivity contribution in [3.05, 3.63) is 41.3 Å². The molecule has 1 aromatic rings. The fraction of sp³-hybridized carbons (Fsp3) is 0.565. The van der Waals surface area contributed by atoms with Gasteiger partial charge in [-0.15, -0.1) is 0 Å². The number of urea groups is 1. The number of nitrogens with one attached hydrogen (secondary N) is 2. The van der Waals surface area contributed by atoms with E-state index in [1.807, 2.05) is 4.72 Å². The van der Waals surface area contributed by atoms with E-state index in [4.69, 9.17) is 4.74 Å². The van der Waals surface area contributed by atoms with Crippen molar-refractivity contribution in [2.24, 2.45) is 5.41 Å². The number of carbonyl (C=O) groups excluding carboxylic acids is 1. The van der Waals surface area contributed by atoms with Gasteiger partial charge in [-0.1, -0.05) is 12.7 Å². The molecule has 2 amide bonds. The lowest BCUT2D eigenvalue weighted by molar-refractivity contribution is 0.0515. The minimum atomic E-state index is -4.36. The maximum absolute atomic E-state index is 13.9. The van der Waals surface area contributed by atoms with Crippen LogP contribution in [0.5, 0.6) is 5.88 Å². The molecular weight excluding hydrogens is 466 g/mol. The molecule has 2 saturated carbocycles. The molecule has 1 aromatic heterocycles. The largest absolute Gasteiger partial charge is 0.477 e. The number of hydrogen-bond donors (Lipinski definition) is 2. The SMILES string of the molecule is C=C1CCCC/C=C2/CCC/C2=C/1NC(=O)NS(=O)(=O)c1cnn2c1OCCC1(C2)CC1(F)F. The number of carbonyl (C=O) groups is 1. The number of halogens is 2. The number of alkyl halides is 2. The highest BCUT2D eigenvalue weighted by Gasteiger charge is 2.71. The second-order valence-corrected chi connectivity index (χ2v) is 11.2. The van der Waals surface area contributed by atoms with Crippen LogP contribution < -0.4 is 14.8 Å². The normalized spacial score (nSPS) is 29.9. The van der Waals surface area contributed by atoms with Crippen LogP contribution in [0, 0.1) is 5.41 Å². The zero-order valence-electron chi connectivity index (χ0n) is 18.8. The van der Waals surface area contributed by atoms with Crippen LogP contribution in [-0.2, 0) is 16.6 Å². The lowest BCUT2D eigenvalue weighted by Crippen LogP contribution is -2.39. The van der Waals surface area contributed by atoms with Gasteiger partial charge in [0.2, 0.25) is 5.88 Å². The van der Waals surface area contributed by atoms with Crippen LogP contribution in [0.3, 0.4) is 0 Å². The summed E-state index contributed by atoms with van der Waals surface area (Å²) in [6, 6.07) is -0.909. The highest BCUT2D eigenvalue weighted by Crippen LogP contribution is 2.64. The first-order chi connectivity index (χ1) is 16.1. The van der Waals surface area contributed by atoms with E-state index in [0.29, 0.717) is 12.1 Å². The first kappa shape index (κ1) is 23.1. The second kappa shape index (κ2) is 8.21. The van der Waals surface area contributed by atoms with Crippen molar-refractivity contribution in [1.82, 2.24) is 19.8 Å². The topological polar surface area (TPSA) is 102 Å². The highest BCUT2D eigenvalue weighted by molar-refractivity contribution is 7.90. The van der Waals surface area contributed by atoms with Gasteiger partial charge < -0.3 is 10.1 Å². The zero-order valence-corrected chi connectivity index (χ0v) is 19.6. The molecule has 1 spiro atoms. The van der Waals surface area contributed by atoms with Crippen molar-refractivity contribution in [3.63, 3.8) is 0 Å². The number of ether oxygens (including phenoxy) is 1. The number of fused-ring (bicyclic) bond motifs is 2. The molecule has 0 saturated heterocycles. The molecule has 8 nitrogen and oxygen atoms in total. The van der Waals surface area contributed by atoms with Crippen molar-refractivity contribution >= 4 is 16.1 Å². The molecule has 0 bridgehead atoms. The standard InChI is InChI=1S/C23H28F2N4O4S/c1-15-6-3-2-4-7-16-8-5-9-17(16)19(15)27-21(30)28-34(31,32)18-12-26-29-14-22(13-23(22,24)25)10-11-33-20(18)29/h7,12H,1-6,8-11,13-14H2,(H2,27,28,30)/b16-7-,19-17+. The Balaban J connectivity index is 1.36. The van der Waals surface area contributed by atoms with Crippen LogP contribution >= 0.6 is 0 Å². The van der Waals surface area contributed by atoms with Gasteiger partial charge in [0.15, 0.2) is 4.90 Å². The van der Waals surface area contributed by atoms with Gasteiger partial charge >= 0.3 is 6.03 Å². The number of aromatic nitrogens is 2. The summed E-state index contributed by atoms with van der Waals surface area (Å²) >= 11 is 0. The average Bonchev–Trinajstić information content (AvgIpc) is 3.08. The summed E-state index contributed by atoms with van der Waals surface area (Å²) in [6.07, 6.45) is 9.40. The predicted octanol–water partition coefficient (Wildman–Crippen LogP) is 4.17. The minimum Gasteiger partial charge on any atom is -0.477 e. The van der Waals surface area contributed by atoms with Gasteiger partial charge in [0.1, 0.15) is 0 Å². The van der Waals surface area contributed by atoms with Crippen LogP contribution in [-0.4, -0.2) is 36.8 Å². The number of sulfonamides is 1. The first-order valence-corrected chi connectivity index (χ1v) is 13.1. The number of hydrogen-bond acceptors (Lipinski definition) is 5. The first-order valence-electron chi connectivity index (χ1n) is 11.6. The smallest absolute Gasteiger partial charge is 0.333 e. The number of nitrogens with zero attached hydrogens (tertiary/aromatic N) is 2. The molecule has 3 aliphatic carbocycles. The summed E-state index contributed by atoms with van der Waals surface area (Å²) in [4.78, 5) is 12.5. The Morgan fingerprint density at radius 2 is 2.00 bits per heavy atom. The molecule has 34 heavy (non-hydrogen) atoms. The van der Waals surface area contributed by atoms with E-state index in [1.54, 1.807) is 0 Å². The number of amides is 2. The molecule has 4 aliphatic rings. The minimum absolute atomic E-state index is 0.0544. The summed E-state index contributed by atoms with van der Waals surface area (Å²) in [5.41, 5.74) is 2.30. The van der Waals surface area contributed by atoms with Crippen molar-refractivity contribution in [2.45, 2.75) is 75.2 Å².